The van der Waals surface area contributed by atoms with E-state index in [1.807, 2.05) is 0 Å². The highest BCUT2D eigenvalue weighted by atomic mass is 16.3. The number of nitrogens with two attached hydrogens (primary N) is 8. The van der Waals surface area contributed by atoms with Gasteiger partial charge in [0.2, 0.25) is 112 Å². The first-order valence-electron chi connectivity index (χ1n) is 42.0. The average Bonchev–Trinajstić information content (AvgIpc) is 0.836. The summed E-state index contributed by atoms with van der Waals surface area (Å²) in [5, 5.41) is 80.5. The molecule has 38 N–H and O–H groups in total. The lowest BCUT2D eigenvalue weighted by Crippen LogP contribution is -2.62. The molecule has 2 rings (SSSR count). The van der Waals surface area contributed by atoms with Gasteiger partial charge in [0.25, 0.3) is 0 Å². The second kappa shape index (κ2) is 58.9. The Bertz CT molecular complexity index is 4130. The van der Waals surface area contributed by atoms with Crippen molar-refractivity contribution < 1.29 is 101 Å². The van der Waals surface area contributed by atoms with Gasteiger partial charge in [0.15, 0.2) is 11.9 Å². The van der Waals surface area contributed by atoms with E-state index < -0.39 is 247 Å². The normalized spacial score (nSPS) is 14.3. The number of carbonyl (C=O) groups is 19. The van der Waals surface area contributed by atoms with Crippen molar-refractivity contribution in [1.29, 1.82) is 10.8 Å². The van der Waals surface area contributed by atoms with Crippen LogP contribution >= 0.6 is 0 Å². The molecule has 0 spiro atoms. The summed E-state index contributed by atoms with van der Waals surface area (Å²) in [5.74, 6) is -19.7. The Kier molecular flexibility index (Phi) is 51.0. The first-order valence-corrected chi connectivity index (χ1v) is 42.0. The molecule has 2 aromatic rings. The van der Waals surface area contributed by atoms with E-state index in [9.17, 15) is 101 Å². The van der Waals surface area contributed by atoms with Crippen LogP contribution in [0.5, 0.6) is 0 Å². The Morgan fingerprint density at radius 2 is 0.783 bits per heavy atom. The molecule has 0 fully saturated rings. The molecule has 0 radical (unpaired) electrons. The summed E-state index contributed by atoms with van der Waals surface area (Å²) in [7, 11) is 0. The molecule has 0 unspecified atom stereocenters. The van der Waals surface area contributed by atoms with Gasteiger partial charge in [-0.25, -0.2) is 0 Å². The number of benzene rings is 2. The molecule has 129 heavy (non-hydrogen) atoms. The molecule has 2 aromatic carbocycles. The average molecular weight is 1820 g/mol. The van der Waals surface area contributed by atoms with Gasteiger partial charge in [0.1, 0.15) is 78.0 Å². The summed E-state index contributed by atoms with van der Waals surface area (Å²) in [6.07, 6.45) is -2.74. The predicted molar refractivity (Wildman–Crippen MR) is 468 cm³/mol. The van der Waals surface area contributed by atoms with Gasteiger partial charge >= 0.3 is 0 Å². The van der Waals surface area contributed by atoms with Gasteiger partial charge in [0, 0.05) is 25.9 Å². The van der Waals surface area contributed by atoms with E-state index >= 15 is 0 Å². The third-order valence-electron chi connectivity index (χ3n) is 19.4. The summed E-state index contributed by atoms with van der Waals surface area (Å²) >= 11 is 0. The van der Waals surface area contributed by atoms with Gasteiger partial charge in [-0.05, 0) is 148 Å². The summed E-state index contributed by atoms with van der Waals surface area (Å²) in [6.45, 7) is 6.45. The lowest BCUT2D eigenvalue weighted by molar-refractivity contribution is -0.137. The number of aliphatic hydroxyl groups is 2. The molecule has 0 aromatic heterocycles. The summed E-state index contributed by atoms with van der Waals surface area (Å²) in [5.41, 5.74) is 43.8. The summed E-state index contributed by atoms with van der Waals surface area (Å²) < 4.78 is 0. The number of hydrogen-bond donors (Lipinski definition) is 30. The highest BCUT2D eigenvalue weighted by molar-refractivity contribution is 6.02. The van der Waals surface area contributed by atoms with Crippen LogP contribution in [0.2, 0.25) is 0 Å². The van der Waals surface area contributed by atoms with Gasteiger partial charge in [-0.1, -0.05) is 74.5 Å². The van der Waals surface area contributed by atoms with Crippen LogP contribution in [0, 0.1) is 16.7 Å². The summed E-state index contributed by atoms with van der Waals surface area (Å²) in [4.78, 5) is 256. The molecular formula is C80H132N28O21. The first-order chi connectivity index (χ1) is 60.7. The van der Waals surface area contributed by atoms with Crippen molar-refractivity contribution in [2.24, 2.45) is 51.8 Å². The molecule has 0 aliphatic carbocycles. The minimum atomic E-state index is -1.92. The topological polar surface area (TPSA) is 837 Å². The minimum absolute atomic E-state index is 0.0134. The fraction of sp³-hybridized carbons (Fsp3) is 0.588. The number of carbonyl (C=O) groups excluding carboxylic acids is 19. The van der Waals surface area contributed by atoms with E-state index in [1.165, 1.54) is 27.7 Å². The Morgan fingerprint density at radius 1 is 0.388 bits per heavy atom. The van der Waals surface area contributed by atoms with E-state index in [1.54, 1.807) is 74.5 Å². The predicted octanol–water partition coefficient (Wildman–Crippen LogP) is -11.3. The zero-order valence-corrected chi connectivity index (χ0v) is 73.7. The summed E-state index contributed by atoms with van der Waals surface area (Å²) in [6, 6.07) is -2.54. The van der Waals surface area contributed by atoms with Crippen molar-refractivity contribution in [3.8, 4) is 0 Å². The van der Waals surface area contributed by atoms with Gasteiger partial charge in [-0.2, -0.15) is 0 Å². The van der Waals surface area contributed by atoms with Crippen molar-refractivity contribution in [2.75, 3.05) is 52.4 Å². The second-order valence-corrected chi connectivity index (χ2v) is 31.6. The molecule has 49 nitrogen and oxygen atoms in total. The molecule has 0 aliphatic rings. The highest BCUT2D eigenvalue weighted by Crippen LogP contribution is 2.14. The molecule has 0 heterocycles. The second-order valence-electron chi connectivity index (χ2n) is 31.6. The van der Waals surface area contributed by atoms with Gasteiger partial charge in [-0.3, -0.25) is 102 Å². The highest BCUT2D eigenvalue weighted by Gasteiger charge is 2.39. The molecule has 0 saturated carbocycles. The number of aliphatic hydroxyl groups excluding tert-OH is 2. The molecule has 0 saturated heterocycles. The molecule has 718 valence electrons. The third kappa shape index (κ3) is 45.1. The minimum Gasteiger partial charge on any atom is -0.394 e. The number of unbranched alkanes of at least 4 members (excludes halogenated alkanes) is 2. The number of guanidine groups is 2. The maximum Gasteiger partial charge on any atom is 0.245 e. The molecule has 0 aliphatic heterocycles. The third-order valence-corrected chi connectivity index (χ3v) is 19.4. The molecule has 19 amide bonds. The molecule has 0 bridgehead atoms. The number of nitrogens with one attached hydrogen (secondary N) is 20. The van der Waals surface area contributed by atoms with Crippen molar-refractivity contribution >= 4 is 124 Å². The van der Waals surface area contributed by atoms with E-state index in [-0.39, 0.29) is 116 Å². The zero-order chi connectivity index (χ0) is 97.2. The zero-order valence-electron chi connectivity index (χ0n) is 73.7. The Morgan fingerprint density at radius 3 is 1.23 bits per heavy atom. The van der Waals surface area contributed by atoms with Crippen LogP contribution in [-0.2, 0) is 104 Å². The lowest BCUT2D eigenvalue weighted by atomic mass is 10.0. The number of rotatable bonds is 62. The Labute approximate surface area is 746 Å². The van der Waals surface area contributed by atoms with Crippen LogP contribution in [0.15, 0.2) is 60.7 Å². The maximum absolute atomic E-state index is 14.4. The van der Waals surface area contributed by atoms with Crippen LogP contribution in [0.4, 0.5) is 0 Å². The fourth-order valence-electron chi connectivity index (χ4n) is 12.2. The monoisotopic (exact) mass is 1820 g/mol. The van der Waals surface area contributed by atoms with E-state index in [0.29, 0.717) is 18.4 Å². The van der Waals surface area contributed by atoms with Crippen LogP contribution in [0.1, 0.15) is 149 Å². The van der Waals surface area contributed by atoms with Crippen molar-refractivity contribution in [3.63, 3.8) is 0 Å². The lowest BCUT2D eigenvalue weighted by Gasteiger charge is -2.29. The molecule has 14 atom stereocenters. The van der Waals surface area contributed by atoms with Crippen LogP contribution in [0.3, 0.4) is 0 Å². The van der Waals surface area contributed by atoms with Crippen LogP contribution < -0.4 is 142 Å². The SMILES string of the molecule is CC(C)C[C@H](NC(=O)[C@H](CCCCN)NC(=O)[C@H](CCCNC(=N)N)NC(=O)[C@H](C)NC(=O)[C@H](CO)NC(=O)[C@H](CCCCN)NC(=O)[C@H](CCCNC(=N)N)NC(=O)C(C)(C)NC(=O)CNC(=O)[C@@H](NC(=O)[C@H](Cc1ccccc1)NC(=O)CNC(=O)CNC(=O)[C@@H](N)Cc1ccccc1)[C@@H](C)O)C(=O)N[C@@H](C)C(=O)N[C@@H](CC(N)=O)C(=O)N[C@@H](CCC(N)=O)C(N)=O. The van der Waals surface area contributed by atoms with Crippen LogP contribution in [0.25, 0.3) is 0 Å². The molecular weight excluding hydrogens is 1690 g/mol. The van der Waals surface area contributed by atoms with Crippen molar-refractivity contribution in [2.45, 2.75) is 241 Å². The number of primary amides is 3. The largest absolute Gasteiger partial charge is 0.394 e. The van der Waals surface area contributed by atoms with E-state index in [0.717, 1.165) is 12.5 Å². The number of hydrogen-bond acceptors (Lipinski definition) is 26. The van der Waals surface area contributed by atoms with E-state index in [4.69, 9.17) is 56.7 Å². The molecule has 49 heteroatoms. The quantitative estimate of drug-likeness (QED) is 0.0166. The van der Waals surface area contributed by atoms with Gasteiger partial charge in [-0.15, -0.1) is 0 Å². The van der Waals surface area contributed by atoms with Gasteiger partial charge < -0.3 is 152 Å². The van der Waals surface area contributed by atoms with Crippen molar-refractivity contribution in [1.82, 2.24) is 95.7 Å². The fourth-order valence-corrected chi connectivity index (χ4v) is 12.2. The van der Waals surface area contributed by atoms with Crippen molar-refractivity contribution in [3.05, 3.63) is 71.8 Å². The smallest absolute Gasteiger partial charge is 0.245 e. The van der Waals surface area contributed by atoms with Gasteiger partial charge in [0.05, 0.1) is 44.8 Å². The van der Waals surface area contributed by atoms with Crippen LogP contribution in [-0.4, -0.2) is 277 Å². The Hall–Kier alpha value is -13.3. The Balaban J connectivity index is 2.33. The number of amides is 19. The maximum atomic E-state index is 14.4. The standard InChI is InChI=1S/C80H132N28O21/c1-42(2)34-54(72(124)96-44(4)66(118)103-56(37-59(85)112)73(125)99-49(64(86)116)28-29-58(84)111)104-69(121)50(24-14-16-30-81)101-68(120)52(26-18-32-91-78(87)88)100-65(117)43(3)97-75(127)57(41-109)105-70(122)51(25-15-17-31-82)102-71(123)53(27-19-33-92-79(89)90)106-77(129)80(6,7)108-62(115)40-95-76(128)63(45(5)110)107-74(126)55(36-47-22-12-9-13-23-47)98-61(114)39-93-60(113)38-94-67(119)48(83)35-46-20-10-8-11-21-46/h8-13,20-23,42-45,48-57,63,109-110H,14-19,24-41,81-83H2,1-7H3,(H2,84,111)(H2,85,112)(H2,86,116)(H,93,113)(H,94,119)(H,95,128)(H,96,124)(H,97,127)(H,98,114)(H,99,125)(H,100,117)(H,101,120)(H,102,123)(H,103,118)(H,104,121)(H,105,122)(H,106,129)(H,107,126)(H,108,115)(H4,87,88,91)(H4,89,90,92)/t43-,44-,45+,48-,49-,50-,51-,52-,53-,54-,55-,56-,57-,63-/m0/s1. The first kappa shape index (κ1) is 112. The van der Waals surface area contributed by atoms with E-state index in [2.05, 4.69) is 95.7 Å².